The fraction of sp³-hybridized carbons (Fsp3) is 0.231. The van der Waals surface area contributed by atoms with Crippen molar-refractivity contribution in [1.82, 2.24) is 0 Å². The van der Waals surface area contributed by atoms with Crippen LogP contribution < -0.4 is 0 Å². The van der Waals surface area contributed by atoms with Gasteiger partial charge in [0.2, 0.25) is 0 Å². The Bertz CT molecular complexity index is 380. The summed E-state index contributed by atoms with van der Waals surface area (Å²) >= 11 is 0. The van der Waals surface area contributed by atoms with Gasteiger partial charge in [-0.05, 0) is 25.0 Å². The van der Waals surface area contributed by atoms with Crippen LogP contribution in [0.2, 0.25) is 0 Å². The zero-order valence-electron chi connectivity index (χ0n) is 8.99. The molecule has 1 aromatic rings. The second-order valence-corrected chi connectivity index (χ2v) is 3.38. The third-order valence-corrected chi connectivity index (χ3v) is 1.70. The third-order valence-electron chi connectivity index (χ3n) is 1.70. The van der Waals surface area contributed by atoms with Crippen LogP contribution in [0.5, 0.6) is 0 Å². The molecule has 0 saturated heterocycles. The summed E-state index contributed by atoms with van der Waals surface area (Å²) in [6, 6.07) is 9.58. The third kappa shape index (κ3) is 4.84. The van der Waals surface area contributed by atoms with Crippen LogP contribution in [0.25, 0.3) is 0 Å². The molecule has 1 aromatic carbocycles. The number of hydrogen-bond acceptors (Lipinski definition) is 2. The number of benzene rings is 1. The number of ether oxygens (including phenoxy) is 1. The van der Waals surface area contributed by atoms with Crippen molar-refractivity contribution in [2.75, 3.05) is 0 Å². The van der Waals surface area contributed by atoms with Gasteiger partial charge in [0, 0.05) is 0 Å². The largest absolute Gasteiger partial charge is 0.457 e. The standard InChI is InChI=1S/C13H14O2/c1-11(2)8-9-13(14)15-10-12-6-4-3-5-7-12/h3-7,9H,10H2,1-2H3. The van der Waals surface area contributed by atoms with E-state index in [-0.39, 0.29) is 5.97 Å². The van der Waals surface area contributed by atoms with Gasteiger partial charge in [-0.15, -0.1) is 5.73 Å². The fourth-order valence-electron chi connectivity index (χ4n) is 0.974. The molecule has 0 unspecified atom stereocenters. The van der Waals surface area contributed by atoms with Crippen molar-refractivity contribution >= 4 is 5.97 Å². The van der Waals surface area contributed by atoms with Crippen molar-refractivity contribution in [2.45, 2.75) is 20.5 Å². The van der Waals surface area contributed by atoms with E-state index in [4.69, 9.17) is 4.74 Å². The van der Waals surface area contributed by atoms with Crippen molar-refractivity contribution in [3.05, 3.63) is 53.3 Å². The maximum Gasteiger partial charge on any atom is 0.338 e. The van der Waals surface area contributed by atoms with Crippen LogP contribution in [0.1, 0.15) is 19.4 Å². The lowest BCUT2D eigenvalue weighted by Gasteiger charge is -2.00. The van der Waals surface area contributed by atoms with Crippen LogP contribution in [-0.4, -0.2) is 5.97 Å². The van der Waals surface area contributed by atoms with Crippen LogP contribution in [0.3, 0.4) is 0 Å². The molecule has 0 N–H and O–H groups in total. The lowest BCUT2D eigenvalue weighted by Crippen LogP contribution is -1.99. The van der Waals surface area contributed by atoms with E-state index in [0.717, 1.165) is 11.1 Å². The maximum atomic E-state index is 11.2. The Morgan fingerprint density at radius 3 is 2.60 bits per heavy atom. The van der Waals surface area contributed by atoms with E-state index in [1.807, 2.05) is 44.2 Å². The van der Waals surface area contributed by atoms with Gasteiger partial charge in [-0.3, -0.25) is 0 Å². The summed E-state index contributed by atoms with van der Waals surface area (Å²) in [5, 5.41) is 0. The molecule has 0 atom stereocenters. The summed E-state index contributed by atoms with van der Waals surface area (Å²) in [6.45, 7) is 4.06. The van der Waals surface area contributed by atoms with Crippen molar-refractivity contribution in [3.8, 4) is 0 Å². The molecule has 0 aromatic heterocycles. The van der Waals surface area contributed by atoms with Crippen LogP contribution in [-0.2, 0) is 16.1 Å². The Hall–Kier alpha value is -1.79. The van der Waals surface area contributed by atoms with Gasteiger partial charge in [0.05, 0.1) is 6.08 Å². The van der Waals surface area contributed by atoms with Gasteiger partial charge in [0.15, 0.2) is 0 Å². The first-order valence-electron chi connectivity index (χ1n) is 4.79. The lowest BCUT2D eigenvalue weighted by atomic mass is 10.2. The summed E-state index contributed by atoms with van der Waals surface area (Å²) in [6.07, 6.45) is 1.32. The fourth-order valence-corrected chi connectivity index (χ4v) is 0.974. The Morgan fingerprint density at radius 1 is 1.33 bits per heavy atom. The average Bonchev–Trinajstić information content (AvgIpc) is 2.25. The number of esters is 1. The zero-order chi connectivity index (χ0) is 11.1. The normalized spacial score (nSPS) is 8.93. The van der Waals surface area contributed by atoms with Gasteiger partial charge in [0.1, 0.15) is 6.61 Å². The lowest BCUT2D eigenvalue weighted by molar-refractivity contribution is -0.138. The van der Waals surface area contributed by atoms with Crippen LogP contribution in [0, 0.1) is 0 Å². The second-order valence-electron chi connectivity index (χ2n) is 3.38. The molecule has 0 aliphatic heterocycles. The summed E-state index contributed by atoms with van der Waals surface area (Å²) in [5.74, 6) is -0.361. The molecule has 0 aliphatic rings. The highest BCUT2D eigenvalue weighted by atomic mass is 16.5. The Balaban J connectivity index is 2.45. The minimum absolute atomic E-state index is 0.306. The van der Waals surface area contributed by atoms with E-state index >= 15 is 0 Å². The Morgan fingerprint density at radius 2 is 2.00 bits per heavy atom. The molecular formula is C13H14O2. The smallest absolute Gasteiger partial charge is 0.338 e. The van der Waals surface area contributed by atoms with Gasteiger partial charge in [0.25, 0.3) is 0 Å². The summed E-state index contributed by atoms with van der Waals surface area (Å²) in [4.78, 5) is 11.2. The molecule has 78 valence electrons. The second kappa shape index (κ2) is 5.84. The number of rotatable bonds is 3. The number of carbonyl (C=O) groups excluding carboxylic acids is 1. The molecule has 15 heavy (non-hydrogen) atoms. The Kier molecular flexibility index (Phi) is 4.39. The summed E-state index contributed by atoms with van der Waals surface area (Å²) in [7, 11) is 0. The van der Waals surface area contributed by atoms with Gasteiger partial charge >= 0.3 is 5.97 Å². The molecular weight excluding hydrogens is 188 g/mol. The summed E-state index contributed by atoms with van der Waals surface area (Å²) in [5.41, 5.74) is 4.73. The van der Waals surface area contributed by atoms with Crippen molar-refractivity contribution in [3.63, 3.8) is 0 Å². The molecule has 0 heterocycles. The highest BCUT2D eigenvalue weighted by Gasteiger charge is 1.96. The maximum absolute atomic E-state index is 11.2. The van der Waals surface area contributed by atoms with Crippen molar-refractivity contribution in [1.29, 1.82) is 0 Å². The van der Waals surface area contributed by atoms with Crippen LogP contribution >= 0.6 is 0 Å². The predicted molar refractivity (Wildman–Crippen MR) is 59.2 cm³/mol. The molecule has 1 rings (SSSR count). The van der Waals surface area contributed by atoms with Gasteiger partial charge in [-0.1, -0.05) is 30.3 Å². The van der Waals surface area contributed by atoms with Gasteiger partial charge in [-0.2, -0.15) is 0 Å². The first kappa shape index (κ1) is 11.3. The quantitative estimate of drug-likeness (QED) is 0.428. The first-order chi connectivity index (χ1) is 7.18. The molecule has 2 nitrogen and oxygen atoms in total. The minimum atomic E-state index is -0.361. The topological polar surface area (TPSA) is 26.3 Å². The SMILES string of the molecule is CC(C)=C=CC(=O)OCc1ccccc1. The molecule has 2 heteroatoms. The first-order valence-corrected chi connectivity index (χ1v) is 4.79. The molecule has 0 fully saturated rings. The molecule has 0 radical (unpaired) electrons. The van der Waals surface area contributed by atoms with E-state index in [1.165, 1.54) is 6.08 Å². The van der Waals surface area contributed by atoms with Crippen molar-refractivity contribution in [2.24, 2.45) is 0 Å². The molecule has 0 aliphatic carbocycles. The predicted octanol–water partition coefficient (Wildman–Crippen LogP) is 2.85. The summed E-state index contributed by atoms with van der Waals surface area (Å²) < 4.78 is 5.01. The monoisotopic (exact) mass is 202 g/mol. The highest BCUT2D eigenvalue weighted by Crippen LogP contribution is 2.00. The van der Waals surface area contributed by atoms with E-state index in [0.29, 0.717) is 6.61 Å². The molecule has 0 amide bonds. The van der Waals surface area contributed by atoms with E-state index in [9.17, 15) is 4.79 Å². The van der Waals surface area contributed by atoms with Gasteiger partial charge in [-0.25, -0.2) is 4.79 Å². The van der Waals surface area contributed by atoms with E-state index < -0.39 is 0 Å². The highest BCUT2D eigenvalue weighted by molar-refractivity contribution is 5.81. The zero-order valence-corrected chi connectivity index (χ0v) is 8.99. The van der Waals surface area contributed by atoms with Crippen LogP contribution in [0.15, 0.2) is 47.7 Å². The van der Waals surface area contributed by atoms with Gasteiger partial charge < -0.3 is 4.74 Å². The average molecular weight is 202 g/mol. The van der Waals surface area contributed by atoms with Crippen molar-refractivity contribution < 1.29 is 9.53 Å². The van der Waals surface area contributed by atoms with Crippen LogP contribution in [0.4, 0.5) is 0 Å². The molecule has 0 spiro atoms. The Labute approximate surface area is 89.9 Å². The molecule has 0 saturated carbocycles. The number of hydrogen-bond donors (Lipinski definition) is 0. The van der Waals surface area contributed by atoms with E-state index in [2.05, 4.69) is 5.73 Å². The molecule has 0 bridgehead atoms. The minimum Gasteiger partial charge on any atom is -0.457 e. The van der Waals surface area contributed by atoms with E-state index in [1.54, 1.807) is 0 Å². The number of carbonyl (C=O) groups is 1.